The summed E-state index contributed by atoms with van der Waals surface area (Å²) in [6.07, 6.45) is 0. The molecule has 1 aliphatic heterocycles. The lowest BCUT2D eigenvalue weighted by atomic mass is 9.97. The van der Waals surface area contributed by atoms with Gasteiger partial charge in [0.25, 0.3) is 5.91 Å². The van der Waals surface area contributed by atoms with Gasteiger partial charge in [-0.15, -0.1) is 0 Å². The van der Waals surface area contributed by atoms with Crippen LogP contribution in [0.1, 0.15) is 24.2 Å². The van der Waals surface area contributed by atoms with E-state index in [2.05, 4.69) is 21.2 Å². The van der Waals surface area contributed by atoms with Gasteiger partial charge in [0.2, 0.25) is 0 Å². The third-order valence-corrected chi connectivity index (χ3v) is 4.42. The molecule has 0 fully saturated rings. The van der Waals surface area contributed by atoms with Crippen LogP contribution < -0.4 is 10.2 Å². The summed E-state index contributed by atoms with van der Waals surface area (Å²) in [5, 5.41) is 3.23. The maximum Gasteiger partial charge on any atom is 0.252 e. The SMILES string of the molecule is CC1(C)Nc2ccccc2N(CC(=O)c2ccc(Br)cc2)C1=O. The molecule has 4 nitrogen and oxygen atoms in total. The first-order valence-electron chi connectivity index (χ1n) is 7.36. The number of para-hydroxylation sites is 2. The molecule has 0 aliphatic carbocycles. The molecule has 1 heterocycles. The highest BCUT2D eigenvalue weighted by Crippen LogP contribution is 2.35. The van der Waals surface area contributed by atoms with E-state index in [0.29, 0.717) is 5.56 Å². The number of carbonyl (C=O) groups excluding carboxylic acids is 2. The molecule has 5 heteroatoms. The van der Waals surface area contributed by atoms with Crippen molar-refractivity contribution in [3.05, 3.63) is 58.6 Å². The number of halogens is 1. The monoisotopic (exact) mass is 372 g/mol. The molecule has 1 N–H and O–H groups in total. The number of ketones is 1. The lowest BCUT2D eigenvalue weighted by Gasteiger charge is -2.39. The molecular formula is C18H17BrN2O2. The second-order valence-corrected chi connectivity index (χ2v) is 7.00. The minimum atomic E-state index is -0.742. The number of Topliss-reactive ketones (excluding diaryl/α,β-unsaturated/α-hetero) is 1. The zero-order valence-electron chi connectivity index (χ0n) is 13.0. The van der Waals surface area contributed by atoms with Gasteiger partial charge in [-0.2, -0.15) is 0 Å². The molecule has 1 amide bonds. The molecule has 3 rings (SSSR count). The average Bonchev–Trinajstić information content (AvgIpc) is 2.52. The van der Waals surface area contributed by atoms with Crippen LogP contribution in [0.2, 0.25) is 0 Å². The van der Waals surface area contributed by atoms with Crippen molar-refractivity contribution in [1.29, 1.82) is 0 Å². The zero-order chi connectivity index (χ0) is 16.6. The van der Waals surface area contributed by atoms with Crippen LogP contribution in [-0.2, 0) is 4.79 Å². The van der Waals surface area contributed by atoms with Gasteiger partial charge in [0, 0.05) is 10.0 Å². The van der Waals surface area contributed by atoms with E-state index in [4.69, 9.17) is 0 Å². The van der Waals surface area contributed by atoms with Gasteiger partial charge >= 0.3 is 0 Å². The molecule has 0 radical (unpaired) electrons. The van der Waals surface area contributed by atoms with Crippen LogP contribution in [0.15, 0.2) is 53.0 Å². The van der Waals surface area contributed by atoms with Crippen LogP contribution in [0, 0.1) is 0 Å². The van der Waals surface area contributed by atoms with Crippen molar-refractivity contribution in [2.45, 2.75) is 19.4 Å². The van der Waals surface area contributed by atoms with Gasteiger partial charge in [-0.05, 0) is 38.1 Å². The Labute approximate surface area is 143 Å². The van der Waals surface area contributed by atoms with Gasteiger partial charge in [-0.25, -0.2) is 0 Å². The second-order valence-electron chi connectivity index (χ2n) is 6.09. The number of nitrogens with one attached hydrogen (secondary N) is 1. The summed E-state index contributed by atoms with van der Waals surface area (Å²) in [7, 11) is 0. The summed E-state index contributed by atoms with van der Waals surface area (Å²) < 4.78 is 0.916. The van der Waals surface area contributed by atoms with E-state index in [9.17, 15) is 9.59 Å². The average molecular weight is 373 g/mol. The Balaban J connectivity index is 1.93. The molecule has 2 aromatic carbocycles. The van der Waals surface area contributed by atoms with Crippen LogP contribution in [0.4, 0.5) is 11.4 Å². The van der Waals surface area contributed by atoms with Crippen LogP contribution >= 0.6 is 15.9 Å². The number of rotatable bonds is 3. The number of amides is 1. The Hall–Kier alpha value is -2.14. The summed E-state index contributed by atoms with van der Waals surface area (Å²) in [6, 6.07) is 14.7. The molecule has 23 heavy (non-hydrogen) atoms. The molecule has 0 atom stereocenters. The Kier molecular flexibility index (Phi) is 3.98. The first-order chi connectivity index (χ1) is 10.9. The highest BCUT2D eigenvalue weighted by Gasteiger charge is 2.39. The summed E-state index contributed by atoms with van der Waals surface area (Å²) in [4.78, 5) is 26.9. The van der Waals surface area contributed by atoms with Gasteiger partial charge in [0.05, 0.1) is 17.9 Å². The highest BCUT2D eigenvalue weighted by molar-refractivity contribution is 9.10. The van der Waals surface area contributed by atoms with Gasteiger partial charge in [0.15, 0.2) is 5.78 Å². The highest BCUT2D eigenvalue weighted by atomic mass is 79.9. The van der Waals surface area contributed by atoms with Crippen molar-refractivity contribution >= 4 is 39.0 Å². The minimum absolute atomic E-state index is 0.0303. The predicted molar refractivity (Wildman–Crippen MR) is 95.0 cm³/mol. The first kappa shape index (κ1) is 15.7. The quantitative estimate of drug-likeness (QED) is 0.831. The topological polar surface area (TPSA) is 49.4 Å². The van der Waals surface area contributed by atoms with Gasteiger partial charge < -0.3 is 10.2 Å². The van der Waals surface area contributed by atoms with Gasteiger partial charge in [-0.3, -0.25) is 9.59 Å². The van der Waals surface area contributed by atoms with E-state index >= 15 is 0 Å². The van der Waals surface area contributed by atoms with Crippen LogP contribution in [0.5, 0.6) is 0 Å². The Morgan fingerprint density at radius 3 is 2.48 bits per heavy atom. The third-order valence-electron chi connectivity index (χ3n) is 3.89. The maximum absolute atomic E-state index is 12.7. The summed E-state index contributed by atoms with van der Waals surface area (Å²) in [5.41, 5.74) is 1.45. The van der Waals surface area contributed by atoms with Gasteiger partial charge in [0.1, 0.15) is 5.54 Å². The first-order valence-corrected chi connectivity index (χ1v) is 8.16. The molecule has 0 aromatic heterocycles. The molecule has 0 saturated heterocycles. The number of nitrogens with zero attached hydrogens (tertiary/aromatic N) is 1. The lowest BCUT2D eigenvalue weighted by Crippen LogP contribution is -2.55. The van der Waals surface area contributed by atoms with Gasteiger partial charge in [-0.1, -0.05) is 40.2 Å². The maximum atomic E-state index is 12.7. The Bertz CT molecular complexity index is 769. The van der Waals surface area contributed by atoms with Crippen LogP contribution in [0.25, 0.3) is 0 Å². The summed E-state index contributed by atoms with van der Waals surface area (Å²) >= 11 is 3.35. The number of benzene rings is 2. The fraction of sp³-hybridized carbons (Fsp3) is 0.222. The van der Waals surface area contributed by atoms with E-state index in [1.54, 1.807) is 17.0 Å². The molecule has 0 unspecified atom stereocenters. The third kappa shape index (κ3) is 3.01. The summed E-state index contributed by atoms with van der Waals surface area (Å²) in [5.74, 6) is -0.194. The molecule has 0 spiro atoms. The standard InChI is InChI=1S/C18H17BrN2O2/c1-18(2)17(23)21(15-6-4-3-5-14(15)20-18)11-16(22)12-7-9-13(19)10-8-12/h3-10,20H,11H2,1-2H3. The van der Waals surface area contributed by atoms with E-state index in [1.807, 2.05) is 50.2 Å². The van der Waals surface area contributed by atoms with E-state index in [1.165, 1.54) is 0 Å². The number of fused-ring (bicyclic) bond motifs is 1. The Morgan fingerprint density at radius 2 is 1.78 bits per heavy atom. The van der Waals surface area contributed by atoms with Crippen molar-refractivity contribution in [1.82, 2.24) is 0 Å². The molecule has 118 valence electrons. The number of hydrogen-bond donors (Lipinski definition) is 1. The molecule has 0 saturated carbocycles. The van der Waals surface area contributed by atoms with Crippen molar-refractivity contribution in [3.63, 3.8) is 0 Å². The molecule has 0 bridgehead atoms. The van der Waals surface area contributed by atoms with E-state index in [-0.39, 0.29) is 18.2 Å². The lowest BCUT2D eigenvalue weighted by molar-refractivity contribution is -0.122. The fourth-order valence-electron chi connectivity index (χ4n) is 2.68. The number of hydrogen-bond acceptors (Lipinski definition) is 3. The van der Waals surface area contributed by atoms with Crippen LogP contribution in [-0.4, -0.2) is 23.8 Å². The molecule has 1 aliphatic rings. The Morgan fingerprint density at radius 1 is 1.13 bits per heavy atom. The van der Waals surface area contributed by atoms with Crippen molar-refractivity contribution < 1.29 is 9.59 Å². The van der Waals surface area contributed by atoms with Crippen LogP contribution in [0.3, 0.4) is 0 Å². The van der Waals surface area contributed by atoms with Crippen molar-refractivity contribution in [2.24, 2.45) is 0 Å². The number of carbonyl (C=O) groups is 2. The van der Waals surface area contributed by atoms with Crippen molar-refractivity contribution in [2.75, 3.05) is 16.8 Å². The fourth-order valence-corrected chi connectivity index (χ4v) is 2.94. The molecule has 2 aromatic rings. The second kappa shape index (κ2) is 5.81. The predicted octanol–water partition coefficient (Wildman–Crippen LogP) is 3.87. The van der Waals surface area contributed by atoms with E-state index < -0.39 is 5.54 Å². The molecular weight excluding hydrogens is 356 g/mol. The zero-order valence-corrected chi connectivity index (χ0v) is 14.6. The largest absolute Gasteiger partial charge is 0.370 e. The van der Waals surface area contributed by atoms with E-state index in [0.717, 1.165) is 15.8 Å². The number of anilines is 2. The smallest absolute Gasteiger partial charge is 0.252 e. The summed E-state index contributed by atoms with van der Waals surface area (Å²) in [6.45, 7) is 3.67. The normalized spacial score (nSPS) is 15.8. The minimum Gasteiger partial charge on any atom is -0.370 e. The van der Waals surface area contributed by atoms with Crippen molar-refractivity contribution in [3.8, 4) is 0 Å².